The lowest BCUT2D eigenvalue weighted by molar-refractivity contribution is 0.108. The molecule has 2 aromatic rings. The zero-order valence-electron chi connectivity index (χ0n) is 15.3. The van der Waals surface area contributed by atoms with Crippen LogP contribution in [0.25, 0.3) is 11.4 Å². The van der Waals surface area contributed by atoms with Crippen molar-refractivity contribution in [2.24, 2.45) is 0 Å². The van der Waals surface area contributed by atoms with Crippen LogP contribution in [0.3, 0.4) is 0 Å². The summed E-state index contributed by atoms with van der Waals surface area (Å²) in [6.07, 6.45) is 7.57. The maximum absolute atomic E-state index is 9.77. The number of hydrogen-bond donors (Lipinski definition) is 3. The van der Waals surface area contributed by atoms with Crippen LogP contribution in [-0.4, -0.2) is 47.4 Å². The van der Waals surface area contributed by atoms with Crippen LogP contribution >= 0.6 is 0 Å². The average Bonchev–Trinajstić information content (AvgIpc) is 2.68. The van der Waals surface area contributed by atoms with E-state index in [9.17, 15) is 5.11 Å². The third kappa shape index (κ3) is 5.41. The first kappa shape index (κ1) is 18.6. The van der Waals surface area contributed by atoms with Crippen molar-refractivity contribution in [1.82, 2.24) is 15.3 Å². The van der Waals surface area contributed by atoms with Gasteiger partial charge in [0.05, 0.1) is 0 Å². The first-order valence-corrected chi connectivity index (χ1v) is 9.40. The van der Waals surface area contributed by atoms with Gasteiger partial charge in [-0.25, -0.2) is 9.97 Å². The molecule has 1 aliphatic rings. The topological polar surface area (TPSA) is 79.3 Å². The largest absolute Gasteiger partial charge is 0.491 e. The molecular weight excluding hydrogens is 328 g/mol. The molecular formula is C20H28N4O2. The molecule has 1 fully saturated rings. The first-order valence-electron chi connectivity index (χ1n) is 9.40. The van der Waals surface area contributed by atoms with Crippen molar-refractivity contribution in [3.63, 3.8) is 0 Å². The Balaban J connectivity index is 1.66. The van der Waals surface area contributed by atoms with Crippen molar-refractivity contribution >= 4 is 5.82 Å². The fourth-order valence-corrected chi connectivity index (χ4v) is 3.25. The van der Waals surface area contributed by atoms with E-state index < -0.39 is 6.10 Å². The van der Waals surface area contributed by atoms with Crippen molar-refractivity contribution in [3.8, 4) is 17.1 Å². The van der Waals surface area contributed by atoms with E-state index in [2.05, 4.69) is 20.6 Å². The molecule has 26 heavy (non-hydrogen) atoms. The Morgan fingerprint density at radius 3 is 2.88 bits per heavy atom. The molecule has 1 unspecified atom stereocenters. The minimum absolute atomic E-state index is 0.244. The standard InChI is InChI=1S/C20H28N4O2/c1-21-13-17(25)14-26-18-9-5-6-15(12-18)20-22-11-10-19(24-20)23-16-7-3-2-4-8-16/h5-6,9-12,16-17,21,25H,2-4,7-8,13-14H2,1H3,(H,22,23,24). The Morgan fingerprint density at radius 1 is 1.23 bits per heavy atom. The molecule has 6 heteroatoms. The Bertz CT molecular complexity index is 689. The molecule has 6 nitrogen and oxygen atoms in total. The second-order valence-corrected chi connectivity index (χ2v) is 6.80. The minimum atomic E-state index is -0.539. The van der Waals surface area contributed by atoms with Crippen LogP contribution in [0.1, 0.15) is 32.1 Å². The third-order valence-electron chi connectivity index (χ3n) is 4.59. The van der Waals surface area contributed by atoms with Crippen LogP contribution in [0.15, 0.2) is 36.5 Å². The molecule has 0 amide bonds. The summed E-state index contributed by atoms with van der Waals surface area (Å²) < 4.78 is 5.67. The number of likely N-dealkylation sites (N-methyl/N-ethyl adjacent to an activating group) is 1. The van der Waals surface area contributed by atoms with Gasteiger partial charge < -0.3 is 20.5 Å². The molecule has 140 valence electrons. The summed E-state index contributed by atoms with van der Waals surface area (Å²) >= 11 is 0. The quantitative estimate of drug-likeness (QED) is 0.675. The van der Waals surface area contributed by atoms with Gasteiger partial charge in [0.2, 0.25) is 0 Å². The van der Waals surface area contributed by atoms with E-state index in [0.717, 1.165) is 11.4 Å². The highest BCUT2D eigenvalue weighted by atomic mass is 16.5. The average molecular weight is 356 g/mol. The summed E-state index contributed by atoms with van der Waals surface area (Å²) in [4.78, 5) is 9.07. The summed E-state index contributed by atoms with van der Waals surface area (Å²) in [6.45, 7) is 0.742. The van der Waals surface area contributed by atoms with Gasteiger partial charge in [0, 0.05) is 24.3 Å². The highest BCUT2D eigenvalue weighted by molar-refractivity contribution is 5.59. The number of nitrogens with zero attached hydrogens (tertiary/aromatic N) is 2. The van der Waals surface area contributed by atoms with Crippen LogP contribution in [-0.2, 0) is 0 Å². The first-order chi connectivity index (χ1) is 12.7. The van der Waals surface area contributed by atoms with E-state index in [1.54, 1.807) is 13.2 Å². The van der Waals surface area contributed by atoms with E-state index in [4.69, 9.17) is 4.74 Å². The Hall–Kier alpha value is -2.18. The van der Waals surface area contributed by atoms with Crippen molar-refractivity contribution in [3.05, 3.63) is 36.5 Å². The number of nitrogens with one attached hydrogen (secondary N) is 2. The zero-order valence-corrected chi connectivity index (χ0v) is 15.3. The zero-order chi connectivity index (χ0) is 18.2. The third-order valence-corrected chi connectivity index (χ3v) is 4.59. The van der Waals surface area contributed by atoms with E-state index in [1.165, 1.54) is 32.1 Å². The molecule has 0 saturated heterocycles. The molecule has 1 heterocycles. The lowest BCUT2D eigenvalue weighted by atomic mass is 9.95. The van der Waals surface area contributed by atoms with Gasteiger partial charge in [0.25, 0.3) is 0 Å². The maximum Gasteiger partial charge on any atom is 0.161 e. The Kier molecular flexibility index (Phi) is 6.80. The van der Waals surface area contributed by atoms with Gasteiger partial charge in [0.15, 0.2) is 5.82 Å². The molecule has 1 aromatic carbocycles. The van der Waals surface area contributed by atoms with Gasteiger partial charge in [-0.3, -0.25) is 0 Å². The second-order valence-electron chi connectivity index (χ2n) is 6.80. The number of ether oxygens (including phenoxy) is 1. The van der Waals surface area contributed by atoms with Gasteiger partial charge in [-0.1, -0.05) is 31.4 Å². The molecule has 1 saturated carbocycles. The van der Waals surface area contributed by atoms with Crippen LogP contribution in [0.4, 0.5) is 5.82 Å². The molecule has 0 aliphatic heterocycles. The predicted octanol–water partition coefficient (Wildman–Crippen LogP) is 2.85. The normalized spacial score (nSPS) is 16.2. The van der Waals surface area contributed by atoms with Crippen molar-refractivity contribution in [2.45, 2.75) is 44.2 Å². The molecule has 3 N–H and O–H groups in total. The molecule has 1 aromatic heterocycles. The predicted molar refractivity (Wildman–Crippen MR) is 103 cm³/mol. The SMILES string of the molecule is CNCC(O)COc1cccc(-c2nccc(NC3CCCCC3)n2)c1. The molecule has 0 bridgehead atoms. The summed E-state index contributed by atoms with van der Waals surface area (Å²) in [5.74, 6) is 2.25. The summed E-state index contributed by atoms with van der Waals surface area (Å²) in [5.41, 5.74) is 0.901. The smallest absolute Gasteiger partial charge is 0.161 e. The molecule has 1 aliphatic carbocycles. The van der Waals surface area contributed by atoms with Crippen molar-refractivity contribution in [1.29, 1.82) is 0 Å². The summed E-state index contributed by atoms with van der Waals surface area (Å²) in [6, 6.07) is 10.1. The van der Waals surface area contributed by atoms with E-state index in [1.807, 2.05) is 30.3 Å². The lowest BCUT2D eigenvalue weighted by Crippen LogP contribution is -2.29. The number of aromatic nitrogens is 2. The number of aliphatic hydroxyl groups excluding tert-OH is 1. The van der Waals surface area contributed by atoms with Gasteiger partial charge in [-0.2, -0.15) is 0 Å². The molecule has 0 radical (unpaired) electrons. The fourth-order valence-electron chi connectivity index (χ4n) is 3.25. The van der Waals surface area contributed by atoms with Gasteiger partial charge in [0.1, 0.15) is 24.3 Å². The second kappa shape index (κ2) is 9.50. The van der Waals surface area contributed by atoms with Gasteiger partial charge in [-0.15, -0.1) is 0 Å². The van der Waals surface area contributed by atoms with Crippen LogP contribution < -0.4 is 15.4 Å². The number of hydrogen-bond acceptors (Lipinski definition) is 6. The van der Waals surface area contributed by atoms with Crippen LogP contribution in [0.5, 0.6) is 5.75 Å². The molecule has 3 rings (SSSR count). The fraction of sp³-hybridized carbons (Fsp3) is 0.500. The highest BCUT2D eigenvalue weighted by Crippen LogP contribution is 2.24. The monoisotopic (exact) mass is 356 g/mol. The maximum atomic E-state index is 9.77. The molecule has 1 atom stereocenters. The van der Waals surface area contributed by atoms with E-state index in [-0.39, 0.29) is 6.61 Å². The molecule has 0 spiro atoms. The van der Waals surface area contributed by atoms with E-state index >= 15 is 0 Å². The lowest BCUT2D eigenvalue weighted by Gasteiger charge is -2.23. The van der Waals surface area contributed by atoms with Crippen molar-refractivity contribution < 1.29 is 9.84 Å². The number of anilines is 1. The summed E-state index contributed by atoms with van der Waals surface area (Å²) in [7, 11) is 1.80. The van der Waals surface area contributed by atoms with Crippen LogP contribution in [0, 0.1) is 0 Å². The number of aliphatic hydroxyl groups is 1. The van der Waals surface area contributed by atoms with Gasteiger partial charge >= 0.3 is 0 Å². The number of benzene rings is 1. The van der Waals surface area contributed by atoms with Gasteiger partial charge in [-0.05, 0) is 38.1 Å². The van der Waals surface area contributed by atoms with E-state index in [0.29, 0.717) is 24.2 Å². The van der Waals surface area contributed by atoms with Crippen molar-refractivity contribution in [2.75, 3.05) is 25.5 Å². The Labute approximate surface area is 155 Å². The highest BCUT2D eigenvalue weighted by Gasteiger charge is 2.14. The summed E-state index contributed by atoms with van der Waals surface area (Å²) in [5, 5.41) is 16.2. The number of rotatable bonds is 8. The minimum Gasteiger partial charge on any atom is -0.491 e. The van der Waals surface area contributed by atoms with Crippen LogP contribution in [0.2, 0.25) is 0 Å². The Morgan fingerprint density at radius 2 is 2.08 bits per heavy atom.